The van der Waals surface area contributed by atoms with Crippen LogP contribution in [0.15, 0.2) is 47.4 Å². The van der Waals surface area contributed by atoms with Crippen molar-refractivity contribution in [3.8, 4) is 0 Å². The molecule has 3 nitrogen and oxygen atoms in total. The van der Waals surface area contributed by atoms with Crippen molar-refractivity contribution in [3.63, 3.8) is 0 Å². The Morgan fingerprint density at radius 1 is 1.10 bits per heavy atom. The summed E-state index contributed by atoms with van der Waals surface area (Å²) in [5.41, 5.74) is 0.790. The lowest BCUT2D eigenvalue weighted by Gasteiger charge is -2.17. The van der Waals surface area contributed by atoms with Gasteiger partial charge in [-0.2, -0.15) is 4.31 Å². The van der Waals surface area contributed by atoms with Crippen LogP contribution in [0.4, 0.5) is 4.39 Å². The monoisotopic (exact) mass is 347 g/mol. The van der Waals surface area contributed by atoms with Crippen molar-refractivity contribution >= 4 is 33.2 Å². The maximum absolute atomic E-state index is 13.1. The second kappa shape index (κ2) is 6.32. The van der Waals surface area contributed by atoms with Crippen LogP contribution in [0.5, 0.6) is 0 Å². The molecule has 0 unspecified atom stereocenters. The zero-order valence-corrected chi connectivity index (χ0v) is 13.4. The number of rotatable bonds is 4. The number of nitrogens with zero attached hydrogens (tertiary/aromatic N) is 1. The summed E-state index contributed by atoms with van der Waals surface area (Å²) in [6.45, 7) is 0.175. The second-order valence-corrected chi connectivity index (χ2v) is 7.35. The molecule has 0 N–H and O–H groups in total. The van der Waals surface area contributed by atoms with E-state index >= 15 is 0 Å². The van der Waals surface area contributed by atoms with Crippen molar-refractivity contribution in [1.82, 2.24) is 4.31 Å². The molecule has 2 aromatic carbocycles. The van der Waals surface area contributed by atoms with E-state index in [1.807, 2.05) is 0 Å². The Morgan fingerprint density at radius 2 is 1.71 bits per heavy atom. The zero-order chi connectivity index (χ0) is 15.6. The molecular formula is C14H12Cl2FNO2S. The molecule has 2 aromatic rings. The molecule has 0 atom stereocenters. The SMILES string of the molecule is CN(Cc1ccc(Cl)cc1)S(=O)(=O)c1ccc(F)c(Cl)c1. The Morgan fingerprint density at radius 3 is 2.29 bits per heavy atom. The first-order chi connectivity index (χ1) is 9.80. The third-order valence-electron chi connectivity index (χ3n) is 2.92. The lowest BCUT2D eigenvalue weighted by Crippen LogP contribution is -2.26. The third-order valence-corrected chi connectivity index (χ3v) is 5.26. The fourth-order valence-electron chi connectivity index (χ4n) is 1.75. The van der Waals surface area contributed by atoms with Gasteiger partial charge in [0.2, 0.25) is 10.0 Å². The van der Waals surface area contributed by atoms with E-state index in [9.17, 15) is 12.8 Å². The van der Waals surface area contributed by atoms with Gasteiger partial charge in [0.1, 0.15) is 5.82 Å². The first-order valence-corrected chi connectivity index (χ1v) is 8.16. The van der Waals surface area contributed by atoms with Crippen LogP contribution >= 0.6 is 23.2 Å². The molecule has 0 aromatic heterocycles. The van der Waals surface area contributed by atoms with Gasteiger partial charge < -0.3 is 0 Å². The maximum Gasteiger partial charge on any atom is 0.243 e. The van der Waals surface area contributed by atoms with Gasteiger partial charge >= 0.3 is 0 Å². The molecule has 0 saturated heterocycles. The van der Waals surface area contributed by atoms with Crippen LogP contribution in [0.3, 0.4) is 0 Å². The summed E-state index contributed by atoms with van der Waals surface area (Å²) in [6.07, 6.45) is 0. The van der Waals surface area contributed by atoms with Gasteiger partial charge in [0, 0.05) is 18.6 Å². The largest absolute Gasteiger partial charge is 0.243 e. The van der Waals surface area contributed by atoms with Crippen molar-refractivity contribution in [3.05, 3.63) is 63.9 Å². The third kappa shape index (κ3) is 3.74. The Balaban J connectivity index is 2.25. The Labute approximate surface area is 133 Å². The Kier molecular flexibility index (Phi) is 4.88. The van der Waals surface area contributed by atoms with Gasteiger partial charge in [0.15, 0.2) is 0 Å². The van der Waals surface area contributed by atoms with Crippen LogP contribution in [-0.4, -0.2) is 19.8 Å². The highest BCUT2D eigenvalue weighted by Gasteiger charge is 2.22. The number of halogens is 3. The van der Waals surface area contributed by atoms with Crippen molar-refractivity contribution in [2.24, 2.45) is 0 Å². The average Bonchev–Trinajstić information content (AvgIpc) is 2.44. The Bertz CT molecular complexity index is 748. The van der Waals surface area contributed by atoms with Gasteiger partial charge in [0.05, 0.1) is 9.92 Å². The molecule has 0 bridgehead atoms. The standard InChI is InChI=1S/C14H12Cl2FNO2S/c1-18(9-10-2-4-11(15)5-3-10)21(19,20)12-6-7-14(17)13(16)8-12/h2-8H,9H2,1H3. The summed E-state index contributed by atoms with van der Waals surface area (Å²) < 4.78 is 39.1. The van der Waals surface area contributed by atoms with E-state index in [0.29, 0.717) is 5.02 Å². The molecule has 2 rings (SSSR count). The molecule has 0 fully saturated rings. The molecule has 0 aliphatic heterocycles. The average molecular weight is 348 g/mol. The van der Waals surface area contributed by atoms with Crippen LogP contribution in [-0.2, 0) is 16.6 Å². The second-order valence-electron chi connectivity index (χ2n) is 4.46. The molecule has 0 aliphatic rings. The van der Waals surface area contributed by atoms with E-state index < -0.39 is 15.8 Å². The fraction of sp³-hybridized carbons (Fsp3) is 0.143. The van der Waals surface area contributed by atoms with Gasteiger partial charge in [-0.3, -0.25) is 0 Å². The molecule has 0 heterocycles. The van der Waals surface area contributed by atoms with E-state index in [4.69, 9.17) is 23.2 Å². The van der Waals surface area contributed by atoms with Crippen LogP contribution < -0.4 is 0 Å². The first-order valence-electron chi connectivity index (χ1n) is 5.96. The van der Waals surface area contributed by atoms with E-state index in [1.165, 1.54) is 17.4 Å². The number of benzene rings is 2. The normalized spacial score (nSPS) is 11.9. The van der Waals surface area contributed by atoms with E-state index in [2.05, 4.69) is 0 Å². The maximum atomic E-state index is 13.1. The molecule has 0 saturated carbocycles. The van der Waals surface area contributed by atoms with Crippen molar-refractivity contribution in [1.29, 1.82) is 0 Å². The lowest BCUT2D eigenvalue weighted by molar-refractivity contribution is 0.466. The zero-order valence-electron chi connectivity index (χ0n) is 11.1. The number of sulfonamides is 1. The summed E-state index contributed by atoms with van der Waals surface area (Å²) in [6, 6.07) is 10.2. The summed E-state index contributed by atoms with van der Waals surface area (Å²) >= 11 is 11.4. The summed E-state index contributed by atoms with van der Waals surface area (Å²) in [5, 5.41) is 0.352. The molecule has 112 valence electrons. The van der Waals surface area contributed by atoms with Gasteiger partial charge in [-0.15, -0.1) is 0 Å². The molecule has 21 heavy (non-hydrogen) atoms. The highest BCUT2D eigenvalue weighted by atomic mass is 35.5. The van der Waals surface area contributed by atoms with Gasteiger partial charge in [-0.1, -0.05) is 35.3 Å². The minimum absolute atomic E-state index is 0.0506. The molecule has 0 radical (unpaired) electrons. The highest BCUT2D eigenvalue weighted by molar-refractivity contribution is 7.89. The molecule has 0 amide bonds. The van der Waals surface area contributed by atoms with Gasteiger partial charge in [0.25, 0.3) is 0 Å². The van der Waals surface area contributed by atoms with Crippen LogP contribution in [0, 0.1) is 5.82 Å². The number of hydrogen-bond donors (Lipinski definition) is 0. The molecule has 0 aliphatic carbocycles. The van der Waals surface area contributed by atoms with E-state index in [-0.39, 0.29) is 16.5 Å². The predicted octanol–water partition coefficient (Wildman–Crippen LogP) is 3.95. The first kappa shape index (κ1) is 16.2. The topological polar surface area (TPSA) is 37.4 Å². The van der Waals surface area contributed by atoms with Crippen LogP contribution in [0.2, 0.25) is 10.0 Å². The van der Waals surface area contributed by atoms with E-state index in [1.54, 1.807) is 24.3 Å². The fourth-order valence-corrected chi connectivity index (χ4v) is 3.31. The summed E-state index contributed by atoms with van der Waals surface area (Å²) in [4.78, 5) is -0.0506. The Hall–Kier alpha value is -1.14. The summed E-state index contributed by atoms with van der Waals surface area (Å²) in [7, 11) is -2.29. The molecule has 7 heteroatoms. The minimum atomic E-state index is -3.74. The van der Waals surface area contributed by atoms with Crippen molar-refractivity contribution in [2.45, 2.75) is 11.4 Å². The molecule has 0 spiro atoms. The summed E-state index contributed by atoms with van der Waals surface area (Å²) in [5.74, 6) is -0.657. The highest BCUT2D eigenvalue weighted by Crippen LogP contribution is 2.23. The number of hydrogen-bond acceptors (Lipinski definition) is 2. The van der Waals surface area contributed by atoms with Crippen molar-refractivity contribution in [2.75, 3.05) is 7.05 Å². The molecular weight excluding hydrogens is 336 g/mol. The van der Waals surface area contributed by atoms with Gasteiger partial charge in [-0.25, -0.2) is 12.8 Å². The van der Waals surface area contributed by atoms with Crippen LogP contribution in [0.25, 0.3) is 0 Å². The smallest absolute Gasteiger partial charge is 0.207 e. The van der Waals surface area contributed by atoms with Crippen molar-refractivity contribution < 1.29 is 12.8 Å². The predicted molar refractivity (Wildman–Crippen MR) is 81.5 cm³/mol. The lowest BCUT2D eigenvalue weighted by atomic mass is 10.2. The van der Waals surface area contributed by atoms with Crippen LogP contribution in [0.1, 0.15) is 5.56 Å². The van der Waals surface area contributed by atoms with Gasteiger partial charge in [-0.05, 0) is 35.9 Å². The minimum Gasteiger partial charge on any atom is -0.207 e. The quantitative estimate of drug-likeness (QED) is 0.839. The van der Waals surface area contributed by atoms with E-state index in [0.717, 1.165) is 17.7 Å².